The van der Waals surface area contributed by atoms with Gasteiger partial charge in [-0.1, -0.05) is 18.2 Å². The number of Topliss-reactive ketones (excluding diaryl/α,β-unsaturated/α-hetero) is 1. The zero-order valence-corrected chi connectivity index (χ0v) is 15.8. The normalized spacial score (nSPS) is 24.1. The van der Waals surface area contributed by atoms with Crippen molar-refractivity contribution in [3.63, 3.8) is 0 Å². The number of ketones is 1. The van der Waals surface area contributed by atoms with Gasteiger partial charge in [0.15, 0.2) is 5.78 Å². The minimum atomic E-state index is -1.11. The summed E-state index contributed by atoms with van der Waals surface area (Å²) in [6.07, 6.45) is 1.62. The number of carbonyl (C=O) groups excluding carboxylic acids is 3. The van der Waals surface area contributed by atoms with Crippen molar-refractivity contribution < 1.29 is 27.9 Å². The molecule has 2 aromatic rings. The van der Waals surface area contributed by atoms with E-state index in [-0.39, 0.29) is 36.5 Å². The molecular weight excluding hydrogens is 377 g/mol. The highest BCUT2D eigenvalue weighted by Gasteiger charge is 2.48. The lowest BCUT2D eigenvalue weighted by Gasteiger charge is -2.37. The van der Waals surface area contributed by atoms with Crippen molar-refractivity contribution in [2.24, 2.45) is 5.92 Å². The van der Waals surface area contributed by atoms with E-state index in [0.29, 0.717) is 11.5 Å². The molecular formula is C22H20FNO5. The van der Waals surface area contributed by atoms with Gasteiger partial charge in [0.2, 0.25) is 5.91 Å². The lowest BCUT2D eigenvalue weighted by molar-refractivity contribution is -0.152. The van der Waals surface area contributed by atoms with Crippen LogP contribution in [0.3, 0.4) is 0 Å². The van der Waals surface area contributed by atoms with Crippen LogP contribution in [0.25, 0.3) is 0 Å². The number of hydrogen-bond donors (Lipinski definition) is 1. The second kappa shape index (κ2) is 7.66. The van der Waals surface area contributed by atoms with Crippen LogP contribution in [0.4, 0.5) is 4.39 Å². The average Bonchev–Trinajstić information content (AvgIpc) is 3.22. The number of allylic oxidation sites excluding steroid dienone is 2. The van der Waals surface area contributed by atoms with Crippen molar-refractivity contribution in [3.05, 3.63) is 71.1 Å². The van der Waals surface area contributed by atoms with Gasteiger partial charge in [0, 0.05) is 29.5 Å². The first kappa shape index (κ1) is 19.1. The molecule has 0 saturated carbocycles. The molecule has 0 spiro atoms. The third-order valence-electron chi connectivity index (χ3n) is 5.46. The molecule has 4 rings (SSSR count). The van der Waals surface area contributed by atoms with E-state index in [1.165, 1.54) is 12.3 Å². The van der Waals surface area contributed by atoms with Crippen LogP contribution in [0.2, 0.25) is 0 Å². The van der Waals surface area contributed by atoms with Crippen LogP contribution in [-0.4, -0.2) is 24.3 Å². The number of nitrogens with one attached hydrogen (secondary N) is 1. The Morgan fingerprint density at radius 3 is 2.69 bits per heavy atom. The number of rotatable bonds is 4. The molecule has 0 saturated heterocycles. The summed E-state index contributed by atoms with van der Waals surface area (Å²) in [5.41, 5.74) is 0.958. The second-order valence-electron chi connectivity index (χ2n) is 7.14. The van der Waals surface area contributed by atoms with Crippen LogP contribution in [0.5, 0.6) is 0 Å². The molecule has 1 aliphatic carbocycles. The summed E-state index contributed by atoms with van der Waals surface area (Å²) < 4.78 is 25.1. The van der Waals surface area contributed by atoms with Crippen LogP contribution in [0, 0.1) is 11.7 Å². The van der Waals surface area contributed by atoms with E-state index in [4.69, 9.17) is 9.15 Å². The van der Waals surface area contributed by atoms with E-state index in [0.717, 1.165) is 0 Å². The van der Waals surface area contributed by atoms with Gasteiger partial charge in [-0.25, -0.2) is 4.39 Å². The Bertz CT molecular complexity index is 994. The standard InChI is InChI=1S/C22H20FNO5/c1-2-28-22(27)20-14(17-8-5-9-29-17)10-16-19(21(20)26)13(11-18(25)24-16)12-6-3-4-7-15(12)23/h3-9,13-14,20H,2,10-11H2,1H3,(H,24,25)/t13-,14+,20+/m1/s1. The lowest BCUT2D eigenvalue weighted by atomic mass is 9.69. The van der Waals surface area contributed by atoms with E-state index in [1.807, 2.05) is 0 Å². The highest BCUT2D eigenvalue weighted by Crippen LogP contribution is 2.46. The zero-order chi connectivity index (χ0) is 20.5. The number of carbonyl (C=O) groups is 3. The largest absolute Gasteiger partial charge is 0.469 e. The van der Waals surface area contributed by atoms with Gasteiger partial charge in [-0.05, 0) is 37.1 Å². The predicted molar refractivity (Wildman–Crippen MR) is 100 cm³/mol. The number of ether oxygens (including phenoxy) is 1. The van der Waals surface area contributed by atoms with Gasteiger partial charge >= 0.3 is 5.97 Å². The summed E-state index contributed by atoms with van der Waals surface area (Å²) in [4.78, 5) is 38.5. The molecule has 2 heterocycles. The number of amides is 1. The Hall–Kier alpha value is -3.22. The molecule has 1 amide bonds. The minimum absolute atomic E-state index is 0.0630. The molecule has 1 aromatic carbocycles. The van der Waals surface area contributed by atoms with Crippen LogP contribution >= 0.6 is 0 Å². The maximum atomic E-state index is 14.5. The molecule has 0 unspecified atom stereocenters. The number of halogens is 1. The fourth-order valence-electron chi connectivity index (χ4n) is 4.25. The van der Waals surface area contributed by atoms with Crippen molar-refractivity contribution in [1.29, 1.82) is 0 Å². The summed E-state index contributed by atoms with van der Waals surface area (Å²) in [5.74, 6) is -3.88. The maximum Gasteiger partial charge on any atom is 0.317 e. The molecule has 0 fully saturated rings. The third-order valence-corrected chi connectivity index (χ3v) is 5.46. The van der Waals surface area contributed by atoms with E-state index in [2.05, 4.69) is 5.32 Å². The average molecular weight is 397 g/mol. The molecule has 150 valence electrons. The quantitative estimate of drug-likeness (QED) is 0.633. The fraction of sp³-hybridized carbons (Fsp3) is 0.318. The van der Waals surface area contributed by atoms with Crippen molar-refractivity contribution in [1.82, 2.24) is 5.32 Å². The number of hydrogen-bond acceptors (Lipinski definition) is 5. The first-order valence-electron chi connectivity index (χ1n) is 9.52. The molecule has 0 radical (unpaired) electrons. The van der Waals surface area contributed by atoms with Crippen molar-refractivity contribution >= 4 is 17.7 Å². The number of furan rings is 1. The highest BCUT2D eigenvalue weighted by molar-refractivity contribution is 6.12. The molecule has 3 atom stereocenters. The molecule has 1 aromatic heterocycles. The van der Waals surface area contributed by atoms with Crippen LogP contribution in [-0.2, 0) is 19.1 Å². The molecule has 29 heavy (non-hydrogen) atoms. The first-order valence-corrected chi connectivity index (χ1v) is 9.52. The Morgan fingerprint density at radius 2 is 2.00 bits per heavy atom. The van der Waals surface area contributed by atoms with E-state index < -0.39 is 35.3 Å². The number of benzene rings is 1. The van der Waals surface area contributed by atoms with Gasteiger partial charge in [0.25, 0.3) is 0 Å². The van der Waals surface area contributed by atoms with E-state index in [9.17, 15) is 18.8 Å². The summed E-state index contributed by atoms with van der Waals surface area (Å²) in [5, 5.41) is 2.75. The molecule has 0 bridgehead atoms. The molecule has 1 aliphatic heterocycles. The molecule has 6 nitrogen and oxygen atoms in total. The van der Waals surface area contributed by atoms with Crippen LogP contribution < -0.4 is 5.32 Å². The zero-order valence-electron chi connectivity index (χ0n) is 15.8. The topological polar surface area (TPSA) is 85.6 Å². The smallest absolute Gasteiger partial charge is 0.317 e. The molecule has 2 aliphatic rings. The fourth-order valence-corrected chi connectivity index (χ4v) is 4.25. The van der Waals surface area contributed by atoms with Gasteiger partial charge in [0.1, 0.15) is 17.5 Å². The maximum absolute atomic E-state index is 14.5. The van der Waals surface area contributed by atoms with Crippen molar-refractivity contribution in [2.45, 2.75) is 31.6 Å². The number of esters is 1. The summed E-state index contributed by atoms with van der Waals surface area (Å²) in [7, 11) is 0. The first-order chi connectivity index (χ1) is 14.0. The van der Waals surface area contributed by atoms with Crippen LogP contribution in [0.15, 0.2) is 58.3 Å². The Morgan fingerprint density at radius 1 is 1.21 bits per heavy atom. The summed E-state index contributed by atoms with van der Waals surface area (Å²) >= 11 is 0. The SMILES string of the molecule is CCOC(=O)[C@@H]1C(=O)C2=C(C[C@H]1c1ccco1)NC(=O)C[C@@H]2c1ccccc1F. The van der Waals surface area contributed by atoms with Gasteiger partial charge in [0.05, 0.1) is 12.9 Å². The molecule has 7 heteroatoms. The van der Waals surface area contributed by atoms with Gasteiger partial charge in [-0.2, -0.15) is 0 Å². The van der Waals surface area contributed by atoms with Crippen molar-refractivity contribution in [3.8, 4) is 0 Å². The van der Waals surface area contributed by atoms with Gasteiger partial charge < -0.3 is 14.5 Å². The Labute approximate surface area is 166 Å². The second-order valence-corrected chi connectivity index (χ2v) is 7.14. The summed E-state index contributed by atoms with van der Waals surface area (Å²) in [6, 6.07) is 9.43. The Balaban J connectivity index is 1.83. The van der Waals surface area contributed by atoms with Crippen LogP contribution in [0.1, 0.15) is 42.9 Å². The van der Waals surface area contributed by atoms with Gasteiger partial charge in [-0.15, -0.1) is 0 Å². The predicted octanol–water partition coefficient (Wildman–Crippen LogP) is 3.21. The summed E-state index contributed by atoms with van der Waals surface area (Å²) in [6.45, 7) is 1.80. The lowest BCUT2D eigenvalue weighted by Crippen LogP contribution is -2.44. The van der Waals surface area contributed by atoms with E-state index >= 15 is 0 Å². The third kappa shape index (κ3) is 3.37. The monoisotopic (exact) mass is 397 g/mol. The minimum Gasteiger partial charge on any atom is -0.469 e. The van der Waals surface area contributed by atoms with Gasteiger partial charge in [-0.3, -0.25) is 14.4 Å². The van der Waals surface area contributed by atoms with Crippen molar-refractivity contribution in [2.75, 3.05) is 6.61 Å². The Kier molecular flexibility index (Phi) is 5.05. The highest BCUT2D eigenvalue weighted by atomic mass is 19.1. The van der Waals surface area contributed by atoms with E-state index in [1.54, 1.807) is 37.3 Å². The molecule has 1 N–H and O–H groups in total.